The highest BCUT2D eigenvalue weighted by Crippen LogP contribution is 2.20. The van der Waals surface area contributed by atoms with Crippen LogP contribution in [0.25, 0.3) is 11.4 Å². The molecule has 0 spiro atoms. The van der Waals surface area contributed by atoms with Crippen molar-refractivity contribution in [3.05, 3.63) is 36.4 Å². The standard InChI is InChI=1S/C16H22N4/c1-12(2)9-10-20(3)15-11-14(17)18-16(19-15)13-7-5-4-6-8-13/h4-8,11-12H,9-10H2,1-3H3,(H2,17,18,19). The summed E-state index contributed by atoms with van der Waals surface area (Å²) in [6.45, 7) is 5.40. The minimum absolute atomic E-state index is 0.505. The average Bonchev–Trinajstić information content (AvgIpc) is 2.45. The van der Waals surface area contributed by atoms with Gasteiger partial charge in [-0.1, -0.05) is 44.2 Å². The summed E-state index contributed by atoms with van der Waals surface area (Å²) in [5, 5.41) is 0. The van der Waals surface area contributed by atoms with Crippen LogP contribution in [0.5, 0.6) is 0 Å². The Bertz CT molecular complexity index is 552. The van der Waals surface area contributed by atoms with Crippen molar-refractivity contribution >= 4 is 11.6 Å². The maximum absolute atomic E-state index is 5.91. The number of hydrogen-bond donors (Lipinski definition) is 1. The van der Waals surface area contributed by atoms with Crippen molar-refractivity contribution in [2.24, 2.45) is 5.92 Å². The normalized spacial score (nSPS) is 10.8. The molecule has 4 nitrogen and oxygen atoms in total. The molecule has 1 aromatic heterocycles. The first-order valence-electron chi connectivity index (χ1n) is 6.97. The van der Waals surface area contributed by atoms with Crippen LogP contribution in [0.15, 0.2) is 36.4 Å². The fraction of sp³-hybridized carbons (Fsp3) is 0.375. The van der Waals surface area contributed by atoms with Crippen LogP contribution < -0.4 is 10.6 Å². The van der Waals surface area contributed by atoms with Crippen LogP contribution in [0.4, 0.5) is 11.6 Å². The molecule has 0 fully saturated rings. The van der Waals surface area contributed by atoms with Gasteiger partial charge in [0.15, 0.2) is 5.82 Å². The predicted molar refractivity (Wildman–Crippen MR) is 84.6 cm³/mol. The average molecular weight is 270 g/mol. The van der Waals surface area contributed by atoms with E-state index in [2.05, 4.69) is 28.7 Å². The maximum atomic E-state index is 5.91. The van der Waals surface area contributed by atoms with Crippen molar-refractivity contribution in [2.45, 2.75) is 20.3 Å². The molecule has 4 heteroatoms. The molecule has 0 saturated heterocycles. The molecule has 0 radical (unpaired) electrons. The highest BCUT2D eigenvalue weighted by Gasteiger charge is 2.09. The van der Waals surface area contributed by atoms with Crippen molar-refractivity contribution in [1.29, 1.82) is 0 Å². The van der Waals surface area contributed by atoms with Gasteiger partial charge >= 0.3 is 0 Å². The van der Waals surface area contributed by atoms with Gasteiger partial charge in [0.05, 0.1) is 0 Å². The first-order chi connectivity index (χ1) is 9.56. The highest BCUT2D eigenvalue weighted by atomic mass is 15.2. The zero-order chi connectivity index (χ0) is 14.5. The van der Waals surface area contributed by atoms with Gasteiger partial charge < -0.3 is 10.6 Å². The number of rotatable bonds is 5. The zero-order valence-electron chi connectivity index (χ0n) is 12.4. The van der Waals surface area contributed by atoms with Crippen LogP contribution in [-0.2, 0) is 0 Å². The topological polar surface area (TPSA) is 55.0 Å². The van der Waals surface area contributed by atoms with Crippen molar-refractivity contribution in [1.82, 2.24) is 9.97 Å². The molecule has 2 N–H and O–H groups in total. The van der Waals surface area contributed by atoms with Crippen LogP contribution in [-0.4, -0.2) is 23.6 Å². The summed E-state index contributed by atoms with van der Waals surface area (Å²) in [5.41, 5.74) is 6.90. The first-order valence-corrected chi connectivity index (χ1v) is 6.97. The molecule has 0 aliphatic carbocycles. The maximum Gasteiger partial charge on any atom is 0.163 e. The van der Waals surface area contributed by atoms with Gasteiger partial charge in [-0.15, -0.1) is 0 Å². The Labute approximate surface area is 120 Å². The lowest BCUT2D eigenvalue weighted by Crippen LogP contribution is -2.21. The molecule has 1 heterocycles. The highest BCUT2D eigenvalue weighted by molar-refractivity contribution is 5.60. The van der Waals surface area contributed by atoms with E-state index < -0.39 is 0 Å². The van der Waals surface area contributed by atoms with Gasteiger partial charge in [0.2, 0.25) is 0 Å². The van der Waals surface area contributed by atoms with Gasteiger partial charge in [-0.05, 0) is 12.3 Å². The summed E-state index contributed by atoms with van der Waals surface area (Å²) in [6.07, 6.45) is 1.13. The molecule has 0 atom stereocenters. The fourth-order valence-corrected chi connectivity index (χ4v) is 1.93. The summed E-state index contributed by atoms with van der Waals surface area (Å²) >= 11 is 0. The van der Waals surface area contributed by atoms with Crippen LogP contribution in [0.2, 0.25) is 0 Å². The molecule has 20 heavy (non-hydrogen) atoms. The second-order valence-electron chi connectivity index (χ2n) is 5.44. The lowest BCUT2D eigenvalue weighted by molar-refractivity contribution is 0.583. The van der Waals surface area contributed by atoms with Crippen molar-refractivity contribution in [2.75, 3.05) is 24.2 Å². The van der Waals surface area contributed by atoms with Crippen LogP contribution in [0.1, 0.15) is 20.3 Å². The number of aromatic nitrogens is 2. The molecule has 0 amide bonds. The molecule has 0 unspecified atom stereocenters. The van der Waals surface area contributed by atoms with E-state index >= 15 is 0 Å². The second kappa shape index (κ2) is 6.37. The number of hydrogen-bond acceptors (Lipinski definition) is 4. The van der Waals surface area contributed by atoms with Crippen molar-refractivity contribution in [3.8, 4) is 11.4 Å². The Balaban J connectivity index is 2.25. The molecule has 1 aromatic carbocycles. The Kier molecular flexibility index (Phi) is 4.56. The third-order valence-corrected chi connectivity index (χ3v) is 3.20. The quantitative estimate of drug-likeness (QED) is 0.906. The number of nitrogens with two attached hydrogens (primary N) is 1. The number of nitrogen functional groups attached to an aromatic ring is 1. The fourth-order valence-electron chi connectivity index (χ4n) is 1.93. The summed E-state index contributed by atoms with van der Waals surface area (Å²) in [7, 11) is 2.04. The summed E-state index contributed by atoms with van der Waals surface area (Å²) in [5.74, 6) is 2.73. The summed E-state index contributed by atoms with van der Waals surface area (Å²) in [4.78, 5) is 11.1. The van der Waals surface area contributed by atoms with Crippen molar-refractivity contribution < 1.29 is 0 Å². The summed E-state index contributed by atoms with van der Waals surface area (Å²) < 4.78 is 0. The van der Waals surface area contributed by atoms with E-state index in [0.29, 0.717) is 17.6 Å². The van der Waals surface area contributed by atoms with Gasteiger partial charge in [-0.25, -0.2) is 9.97 Å². The van der Waals surface area contributed by atoms with E-state index in [1.807, 2.05) is 43.4 Å². The third-order valence-electron chi connectivity index (χ3n) is 3.20. The predicted octanol–water partition coefficient (Wildman–Crippen LogP) is 3.21. The Morgan fingerprint density at radius 2 is 1.85 bits per heavy atom. The molecule has 0 saturated carbocycles. The number of anilines is 2. The molecule has 106 valence electrons. The van der Waals surface area contributed by atoms with E-state index in [4.69, 9.17) is 5.73 Å². The van der Waals surface area contributed by atoms with Gasteiger partial charge in [0, 0.05) is 25.2 Å². The Morgan fingerprint density at radius 3 is 2.50 bits per heavy atom. The van der Waals surface area contributed by atoms with E-state index in [1.54, 1.807) is 0 Å². The third kappa shape index (κ3) is 3.70. The molecule has 0 bridgehead atoms. The molecule has 0 aliphatic heterocycles. The minimum atomic E-state index is 0.505. The van der Waals surface area contributed by atoms with E-state index in [0.717, 1.165) is 24.3 Å². The molecule has 2 aromatic rings. The number of benzene rings is 1. The Morgan fingerprint density at radius 1 is 1.15 bits per heavy atom. The van der Waals surface area contributed by atoms with Crippen LogP contribution in [0, 0.1) is 5.92 Å². The van der Waals surface area contributed by atoms with E-state index in [9.17, 15) is 0 Å². The largest absolute Gasteiger partial charge is 0.384 e. The first kappa shape index (κ1) is 14.3. The lowest BCUT2D eigenvalue weighted by Gasteiger charge is -2.20. The molecule has 2 rings (SSSR count). The minimum Gasteiger partial charge on any atom is -0.384 e. The molecular formula is C16H22N4. The van der Waals surface area contributed by atoms with E-state index in [1.165, 1.54) is 0 Å². The monoisotopic (exact) mass is 270 g/mol. The zero-order valence-corrected chi connectivity index (χ0v) is 12.4. The molecule has 0 aliphatic rings. The second-order valence-corrected chi connectivity index (χ2v) is 5.44. The van der Waals surface area contributed by atoms with Gasteiger partial charge in [0.1, 0.15) is 11.6 Å². The van der Waals surface area contributed by atoms with Crippen LogP contribution >= 0.6 is 0 Å². The smallest absolute Gasteiger partial charge is 0.163 e. The van der Waals surface area contributed by atoms with E-state index in [-0.39, 0.29) is 0 Å². The lowest BCUT2D eigenvalue weighted by atomic mass is 10.1. The Hall–Kier alpha value is -2.10. The van der Waals surface area contributed by atoms with Gasteiger partial charge in [-0.2, -0.15) is 0 Å². The van der Waals surface area contributed by atoms with Gasteiger partial charge in [-0.3, -0.25) is 0 Å². The SMILES string of the molecule is CC(C)CCN(C)c1cc(N)nc(-c2ccccc2)n1. The summed E-state index contributed by atoms with van der Waals surface area (Å²) in [6, 6.07) is 11.7. The number of nitrogens with zero attached hydrogens (tertiary/aromatic N) is 3. The van der Waals surface area contributed by atoms with Gasteiger partial charge in [0.25, 0.3) is 0 Å². The molecular weight excluding hydrogens is 248 g/mol. The van der Waals surface area contributed by atoms with Crippen LogP contribution in [0.3, 0.4) is 0 Å². The van der Waals surface area contributed by atoms with Crippen molar-refractivity contribution in [3.63, 3.8) is 0 Å².